The van der Waals surface area contributed by atoms with Crippen LogP contribution in [-0.2, 0) is 9.59 Å². The van der Waals surface area contributed by atoms with Gasteiger partial charge in [0.25, 0.3) is 0 Å². The number of carboxylic acids is 2. The number of rotatable bonds is 2. The highest BCUT2D eigenvalue weighted by Crippen LogP contribution is 2.38. The molecule has 80 valence electrons. The molecule has 0 unspecified atom stereocenters. The highest BCUT2D eigenvalue weighted by atomic mass is 16.4. The van der Waals surface area contributed by atoms with Crippen LogP contribution in [0.5, 0.6) is 0 Å². The fourth-order valence-electron chi connectivity index (χ4n) is 2.31. The molecule has 1 aliphatic carbocycles. The molecule has 0 spiro atoms. The zero-order valence-electron chi connectivity index (χ0n) is 8.43. The highest BCUT2D eigenvalue weighted by Gasteiger charge is 2.40. The summed E-state index contributed by atoms with van der Waals surface area (Å²) in [4.78, 5) is 21.7. The number of hydrogen-bond donors (Lipinski definition) is 2. The average molecular weight is 200 g/mol. The van der Waals surface area contributed by atoms with Gasteiger partial charge in [-0.25, -0.2) is 0 Å². The third kappa shape index (κ3) is 1.89. The lowest BCUT2D eigenvalue weighted by Gasteiger charge is -2.35. The Bertz CT molecular complexity index is 223. The summed E-state index contributed by atoms with van der Waals surface area (Å²) in [6, 6.07) is 0. The first-order valence-electron chi connectivity index (χ1n) is 4.90. The molecule has 0 radical (unpaired) electrons. The maximum Gasteiger partial charge on any atom is 0.306 e. The second-order valence-corrected chi connectivity index (χ2v) is 4.19. The standard InChI is InChI=1S/C10H16O4/c1-5-6(2)8(10(13)14)4-3-7(5)9(11)12/h5-8H,3-4H2,1-2H3,(H,11,12)(H,13,14)/t5-,6+,7+,8-. The monoisotopic (exact) mass is 200 g/mol. The second kappa shape index (κ2) is 3.98. The number of hydrogen-bond acceptors (Lipinski definition) is 2. The van der Waals surface area contributed by atoms with Crippen LogP contribution in [0.4, 0.5) is 0 Å². The molecule has 1 fully saturated rings. The summed E-state index contributed by atoms with van der Waals surface area (Å²) in [6.07, 6.45) is 0.968. The minimum absolute atomic E-state index is 0.0534. The van der Waals surface area contributed by atoms with Crippen molar-refractivity contribution in [3.8, 4) is 0 Å². The zero-order valence-corrected chi connectivity index (χ0v) is 8.43. The summed E-state index contributed by atoms with van der Waals surface area (Å²) in [5.74, 6) is -2.45. The third-order valence-electron chi connectivity index (χ3n) is 3.52. The Kier molecular flexibility index (Phi) is 3.13. The van der Waals surface area contributed by atoms with Gasteiger partial charge in [0.15, 0.2) is 0 Å². The molecule has 1 saturated carbocycles. The lowest BCUT2D eigenvalue weighted by atomic mass is 9.68. The van der Waals surface area contributed by atoms with E-state index in [1.165, 1.54) is 0 Å². The summed E-state index contributed by atoms with van der Waals surface area (Å²) in [6.45, 7) is 3.66. The molecular weight excluding hydrogens is 184 g/mol. The van der Waals surface area contributed by atoms with E-state index in [1.54, 1.807) is 0 Å². The Morgan fingerprint density at radius 3 is 1.43 bits per heavy atom. The maximum absolute atomic E-state index is 10.8. The predicted octanol–water partition coefficient (Wildman–Crippen LogP) is 1.45. The van der Waals surface area contributed by atoms with Crippen LogP contribution in [0, 0.1) is 23.7 Å². The van der Waals surface area contributed by atoms with Crippen LogP contribution >= 0.6 is 0 Å². The SMILES string of the molecule is C[C@@H]1[C@H](C)[C@H](C(=O)O)CC[C@@H]1C(=O)O. The zero-order chi connectivity index (χ0) is 10.9. The Balaban J connectivity index is 2.73. The fraction of sp³-hybridized carbons (Fsp3) is 0.800. The Morgan fingerprint density at radius 2 is 1.21 bits per heavy atom. The molecule has 4 nitrogen and oxygen atoms in total. The molecule has 1 aliphatic rings. The molecule has 14 heavy (non-hydrogen) atoms. The van der Waals surface area contributed by atoms with E-state index in [9.17, 15) is 9.59 Å². The van der Waals surface area contributed by atoms with E-state index in [0.29, 0.717) is 12.8 Å². The first-order valence-corrected chi connectivity index (χ1v) is 4.90. The minimum Gasteiger partial charge on any atom is -0.481 e. The van der Waals surface area contributed by atoms with Gasteiger partial charge in [0.05, 0.1) is 11.8 Å². The Labute approximate surface area is 82.9 Å². The molecule has 0 heterocycles. The van der Waals surface area contributed by atoms with E-state index in [4.69, 9.17) is 10.2 Å². The van der Waals surface area contributed by atoms with Crippen LogP contribution in [0.1, 0.15) is 26.7 Å². The molecule has 2 N–H and O–H groups in total. The van der Waals surface area contributed by atoms with Crippen LogP contribution in [0.15, 0.2) is 0 Å². The van der Waals surface area contributed by atoms with Crippen LogP contribution in [0.3, 0.4) is 0 Å². The predicted molar refractivity (Wildman–Crippen MR) is 49.8 cm³/mol. The number of carbonyl (C=O) groups is 2. The summed E-state index contributed by atoms with van der Waals surface area (Å²) in [5, 5.41) is 17.8. The van der Waals surface area contributed by atoms with Gasteiger partial charge in [0.2, 0.25) is 0 Å². The van der Waals surface area contributed by atoms with Crippen molar-refractivity contribution < 1.29 is 19.8 Å². The van der Waals surface area contributed by atoms with E-state index in [1.807, 2.05) is 13.8 Å². The first-order chi connectivity index (χ1) is 6.45. The van der Waals surface area contributed by atoms with Crippen molar-refractivity contribution in [3.63, 3.8) is 0 Å². The van der Waals surface area contributed by atoms with E-state index in [-0.39, 0.29) is 23.7 Å². The van der Waals surface area contributed by atoms with Crippen molar-refractivity contribution >= 4 is 11.9 Å². The lowest BCUT2D eigenvalue weighted by Crippen LogP contribution is -2.38. The summed E-state index contributed by atoms with van der Waals surface area (Å²) in [7, 11) is 0. The van der Waals surface area contributed by atoms with Crippen molar-refractivity contribution in [2.75, 3.05) is 0 Å². The van der Waals surface area contributed by atoms with Crippen molar-refractivity contribution in [1.82, 2.24) is 0 Å². The highest BCUT2D eigenvalue weighted by molar-refractivity contribution is 5.73. The lowest BCUT2D eigenvalue weighted by molar-refractivity contribution is -0.153. The second-order valence-electron chi connectivity index (χ2n) is 4.19. The molecule has 0 amide bonds. The molecule has 0 aromatic rings. The molecule has 0 saturated heterocycles. The number of aliphatic carboxylic acids is 2. The van der Waals surface area contributed by atoms with Crippen LogP contribution in [0.2, 0.25) is 0 Å². The summed E-state index contributed by atoms with van der Waals surface area (Å²) >= 11 is 0. The van der Waals surface area contributed by atoms with Crippen molar-refractivity contribution in [1.29, 1.82) is 0 Å². The topological polar surface area (TPSA) is 74.6 Å². The van der Waals surface area contributed by atoms with Crippen LogP contribution in [0.25, 0.3) is 0 Å². The van der Waals surface area contributed by atoms with Crippen molar-refractivity contribution in [2.45, 2.75) is 26.7 Å². The number of carboxylic acid groups (broad SMARTS) is 2. The normalized spacial score (nSPS) is 37.9. The summed E-state index contributed by atoms with van der Waals surface area (Å²) < 4.78 is 0. The van der Waals surface area contributed by atoms with E-state index < -0.39 is 11.9 Å². The molecule has 4 atom stereocenters. The van der Waals surface area contributed by atoms with Crippen LogP contribution < -0.4 is 0 Å². The minimum atomic E-state index is -0.798. The van der Waals surface area contributed by atoms with Gasteiger partial charge >= 0.3 is 11.9 Å². The quantitative estimate of drug-likeness (QED) is 0.707. The van der Waals surface area contributed by atoms with Gasteiger partial charge < -0.3 is 10.2 Å². The molecule has 0 aromatic heterocycles. The Morgan fingerprint density at radius 1 is 0.929 bits per heavy atom. The molecule has 0 aliphatic heterocycles. The van der Waals surface area contributed by atoms with Gasteiger partial charge in [0, 0.05) is 0 Å². The maximum atomic E-state index is 10.8. The summed E-state index contributed by atoms with van der Waals surface area (Å²) in [5.41, 5.74) is 0. The van der Waals surface area contributed by atoms with E-state index in [2.05, 4.69) is 0 Å². The van der Waals surface area contributed by atoms with Gasteiger partial charge in [-0.15, -0.1) is 0 Å². The van der Waals surface area contributed by atoms with Gasteiger partial charge in [-0.05, 0) is 24.7 Å². The largest absolute Gasteiger partial charge is 0.481 e. The third-order valence-corrected chi connectivity index (χ3v) is 3.52. The van der Waals surface area contributed by atoms with Crippen molar-refractivity contribution in [2.24, 2.45) is 23.7 Å². The molecular formula is C10H16O4. The van der Waals surface area contributed by atoms with Gasteiger partial charge in [-0.2, -0.15) is 0 Å². The molecule has 4 heteroatoms. The van der Waals surface area contributed by atoms with E-state index >= 15 is 0 Å². The molecule has 0 aromatic carbocycles. The average Bonchev–Trinajstić information content (AvgIpc) is 2.08. The van der Waals surface area contributed by atoms with Crippen molar-refractivity contribution in [3.05, 3.63) is 0 Å². The van der Waals surface area contributed by atoms with E-state index in [0.717, 1.165) is 0 Å². The molecule has 0 bridgehead atoms. The Hall–Kier alpha value is -1.06. The smallest absolute Gasteiger partial charge is 0.306 e. The van der Waals surface area contributed by atoms with Gasteiger partial charge in [-0.1, -0.05) is 13.8 Å². The fourth-order valence-corrected chi connectivity index (χ4v) is 2.31. The van der Waals surface area contributed by atoms with Crippen LogP contribution in [-0.4, -0.2) is 22.2 Å². The molecule has 1 rings (SSSR count). The first kappa shape index (κ1) is 11.0. The van der Waals surface area contributed by atoms with Gasteiger partial charge in [-0.3, -0.25) is 9.59 Å². The van der Waals surface area contributed by atoms with Gasteiger partial charge in [0.1, 0.15) is 0 Å².